The summed E-state index contributed by atoms with van der Waals surface area (Å²) in [6, 6.07) is 0. The van der Waals surface area contributed by atoms with Crippen molar-refractivity contribution in [3.8, 4) is 0 Å². The molecule has 1 N–H and O–H groups in total. The number of hydrogen-bond acceptors (Lipinski definition) is 1. The molecule has 0 aliphatic heterocycles. The Bertz CT molecular complexity index is 373. The lowest BCUT2D eigenvalue weighted by atomic mass is 9.96. The lowest BCUT2D eigenvalue weighted by Gasteiger charge is -2.12. The van der Waals surface area contributed by atoms with Gasteiger partial charge in [0.15, 0.2) is 0 Å². The van der Waals surface area contributed by atoms with Crippen LogP contribution in [0.4, 0.5) is 0 Å². The van der Waals surface area contributed by atoms with Gasteiger partial charge in [0.2, 0.25) is 0 Å². The van der Waals surface area contributed by atoms with E-state index in [2.05, 4.69) is 69.1 Å². The fraction of sp³-hybridized carbons (Fsp3) is 0.375. The largest absolute Gasteiger partial charge is 0.356 e. The number of rotatable bonds is 4. The first kappa shape index (κ1) is 13.6. The topological polar surface area (TPSA) is 12.0 Å². The fourth-order valence-corrected chi connectivity index (χ4v) is 1.47. The summed E-state index contributed by atoms with van der Waals surface area (Å²) in [5.74, 6) is 0. The molecule has 1 aliphatic rings. The minimum atomic E-state index is 0.215. The third kappa shape index (κ3) is 5.96. The van der Waals surface area contributed by atoms with E-state index in [1.54, 1.807) is 0 Å². The molecule has 0 aromatic heterocycles. The van der Waals surface area contributed by atoms with Gasteiger partial charge in [-0.2, -0.15) is 0 Å². The molecule has 0 spiro atoms. The second kappa shape index (κ2) is 6.29. The number of allylic oxidation sites excluding steroid dienone is 7. The fourth-order valence-electron chi connectivity index (χ4n) is 1.47. The first-order valence-electron chi connectivity index (χ1n) is 6.17. The normalized spacial score (nSPS) is 17.1. The van der Waals surface area contributed by atoms with Gasteiger partial charge in [0, 0.05) is 11.4 Å². The molecule has 0 heterocycles. The van der Waals surface area contributed by atoms with Crippen LogP contribution in [0.1, 0.15) is 33.6 Å². The highest BCUT2D eigenvalue weighted by molar-refractivity contribution is 5.30. The quantitative estimate of drug-likeness (QED) is 0.701. The van der Waals surface area contributed by atoms with Gasteiger partial charge in [0.1, 0.15) is 0 Å². The van der Waals surface area contributed by atoms with Crippen LogP contribution in [0.15, 0.2) is 60.5 Å². The molecule has 0 unspecified atom stereocenters. The van der Waals surface area contributed by atoms with Crippen molar-refractivity contribution in [3.63, 3.8) is 0 Å². The van der Waals surface area contributed by atoms with Crippen LogP contribution >= 0.6 is 0 Å². The Morgan fingerprint density at radius 3 is 2.65 bits per heavy atom. The van der Waals surface area contributed by atoms with Gasteiger partial charge in [-0.15, -0.1) is 0 Å². The monoisotopic (exact) mass is 229 g/mol. The maximum absolute atomic E-state index is 3.83. The molecule has 0 atom stereocenters. The lowest BCUT2D eigenvalue weighted by molar-refractivity contribution is 0.544. The third-order valence-electron chi connectivity index (χ3n) is 2.38. The van der Waals surface area contributed by atoms with Crippen LogP contribution in [0.3, 0.4) is 0 Å². The zero-order chi connectivity index (χ0) is 12.7. The summed E-state index contributed by atoms with van der Waals surface area (Å²) in [5, 5.41) is 3.36. The minimum Gasteiger partial charge on any atom is -0.356 e. The van der Waals surface area contributed by atoms with Crippen LogP contribution in [-0.4, -0.2) is 0 Å². The van der Waals surface area contributed by atoms with Gasteiger partial charge >= 0.3 is 0 Å². The molecule has 1 nitrogen and oxygen atoms in total. The highest BCUT2D eigenvalue weighted by Gasteiger charge is 2.02. The molecule has 0 aromatic rings. The average molecular weight is 229 g/mol. The molecule has 0 saturated carbocycles. The Morgan fingerprint density at radius 1 is 1.35 bits per heavy atom. The smallest absolute Gasteiger partial charge is 0.0378 e. The Balaban J connectivity index is 2.62. The SMILES string of the molecule is C=C/C(=C\C=C\C(C)(C)C)NC1=CCCC=C1. The van der Waals surface area contributed by atoms with Gasteiger partial charge in [-0.05, 0) is 36.5 Å². The Labute approximate surface area is 105 Å². The van der Waals surface area contributed by atoms with Gasteiger partial charge in [-0.3, -0.25) is 0 Å². The molecule has 92 valence electrons. The van der Waals surface area contributed by atoms with Crippen molar-refractivity contribution >= 4 is 0 Å². The second-order valence-corrected chi connectivity index (χ2v) is 5.32. The second-order valence-electron chi connectivity index (χ2n) is 5.32. The van der Waals surface area contributed by atoms with E-state index in [9.17, 15) is 0 Å². The third-order valence-corrected chi connectivity index (χ3v) is 2.38. The van der Waals surface area contributed by atoms with Gasteiger partial charge in [-0.25, -0.2) is 0 Å². The number of hydrogen-bond donors (Lipinski definition) is 1. The predicted molar refractivity (Wildman–Crippen MR) is 76.5 cm³/mol. The standard InChI is InChI=1S/C16H23N/c1-5-14(12-9-13-16(2,3)4)17-15-10-7-6-8-11-15/h5,7,9-13,17H,1,6,8H2,2-4H3/b13-9+,14-12+. The maximum atomic E-state index is 3.83. The molecule has 17 heavy (non-hydrogen) atoms. The van der Waals surface area contributed by atoms with Gasteiger partial charge in [0.05, 0.1) is 0 Å². The van der Waals surface area contributed by atoms with Crippen molar-refractivity contribution < 1.29 is 0 Å². The van der Waals surface area contributed by atoms with E-state index < -0.39 is 0 Å². The summed E-state index contributed by atoms with van der Waals surface area (Å²) in [6.07, 6.45) is 16.9. The summed E-state index contributed by atoms with van der Waals surface area (Å²) in [4.78, 5) is 0. The van der Waals surface area contributed by atoms with Crippen LogP contribution in [-0.2, 0) is 0 Å². The molecule has 1 rings (SSSR count). The Hall–Kier alpha value is -1.50. The van der Waals surface area contributed by atoms with Crippen LogP contribution in [0.25, 0.3) is 0 Å². The predicted octanol–water partition coefficient (Wildman–Crippen LogP) is 4.48. The molecule has 1 aliphatic carbocycles. The summed E-state index contributed by atoms with van der Waals surface area (Å²) < 4.78 is 0. The van der Waals surface area contributed by atoms with E-state index >= 15 is 0 Å². The first-order chi connectivity index (χ1) is 8.01. The molecule has 0 saturated heterocycles. The van der Waals surface area contributed by atoms with Crippen LogP contribution < -0.4 is 5.32 Å². The summed E-state index contributed by atoms with van der Waals surface area (Å²) in [5.41, 5.74) is 2.40. The van der Waals surface area contributed by atoms with Crippen molar-refractivity contribution in [3.05, 3.63) is 60.5 Å². The molecule has 0 amide bonds. The van der Waals surface area contributed by atoms with Crippen molar-refractivity contribution in [2.45, 2.75) is 33.6 Å². The zero-order valence-corrected chi connectivity index (χ0v) is 11.2. The van der Waals surface area contributed by atoms with E-state index in [1.165, 1.54) is 0 Å². The Kier molecular flexibility index (Phi) is 5.02. The molecule has 0 aromatic carbocycles. The summed E-state index contributed by atoms with van der Waals surface area (Å²) >= 11 is 0. The molecule has 0 bridgehead atoms. The zero-order valence-electron chi connectivity index (χ0n) is 11.2. The van der Waals surface area contributed by atoms with Crippen LogP contribution in [0.5, 0.6) is 0 Å². The summed E-state index contributed by atoms with van der Waals surface area (Å²) in [7, 11) is 0. The van der Waals surface area contributed by atoms with Gasteiger partial charge in [0.25, 0.3) is 0 Å². The highest BCUT2D eigenvalue weighted by Crippen LogP contribution is 2.15. The van der Waals surface area contributed by atoms with E-state index in [0.717, 1.165) is 24.2 Å². The van der Waals surface area contributed by atoms with E-state index in [0.29, 0.717) is 0 Å². The molecular weight excluding hydrogens is 206 g/mol. The van der Waals surface area contributed by atoms with Crippen LogP contribution in [0, 0.1) is 5.41 Å². The van der Waals surface area contributed by atoms with Crippen molar-refractivity contribution in [1.82, 2.24) is 5.32 Å². The van der Waals surface area contributed by atoms with Gasteiger partial charge in [-0.1, -0.05) is 51.7 Å². The van der Waals surface area contributed by atoms with Crippen molar-refractivity contribution in [1.29, 1.82) is 0 Å². The van der Waals surface area contributed by atoms with Crippen LogP contribution in [0.2, 0.25) is 0 Å². The van der Waals surface area contributed by atoms with E-state index in [4.69, 9.17) is 0 Å². The van der Waals surface area contributed by atoms with Crippen molar-refractivity contribution in [2.24, 2.45) is 5.41 Å². The molecule has 0 fully saturated rings. The van der Waals surface area contributed by atoms with E-state index in [-0.39, 0.29) is 5.41 Å². The molecule has 1 heteroatoms. The summed E-state index contributed by atoms with van der Waals surface area (Å²) in [6.45, 7) is 10.4. The minimum absolute atomic E-state index is 0.215. The molecular formula is C16H23N. The van der Waals surface area contributed by atoms with E-state index in [1.807, 2.05) is 6.08 Å². The molecule has 0 radical (unpaired) electrons. The van der Waals surface area contributed by atoms with Crippen molar-refractivity contribution in [2.75, 3.05) is 0 Å². The van der Waals surface area contributed by atoms with Gasteiger partial charge < -0.3 is 5.32 Å². The average Bonchev–Trinajstić information content (AvgIpc) is 2.27. The first-order valence-corrected chi connectivity index (χ1v) is 6.17. The maximum Gasteiger partial charge on any atom is 0.0378 e. The highest BCUT2D eigenvalue weighted by atomic mass is 14.9. The lowest BCUT2D eigenvalue weighted by Crippen LogP contribution is -2.10. The number of nitrogens with one attached hydrogen (secondary N) is 1. The Morgan fingerprint density at radius 2 is 2.12 bits per heavy atom.